The highest BCUT2D eigenvalue weighted by atomic mass is 16.5. The van der Waals surface area contributed by atoms with Gasteiger partial charge in [0.25, 0.3) is 0 Å². The zero-order valence-electron chi connectivity index (χ0n) is 11.6. The molecule has 0 spiro atoms. The van der Waals surface area contributed by atoms with Crippen LogP contribution in [0.15, 0.2) is 40.8 Å². The number of furan rings is 1. The molecule has 0 amide bonds. The first kappa shape index (κ1) is 13.7. The molecule has 1 aromatic carbocycles. The predicted molar refractivity (Wildman–Crippen MR) is 76.2 cm³/mol. The van der Waals surface area contributed by atoms with Crippen molar-refractivity contribution in [1.82, 2.24) is 5.32 Å². The summed E-state index contributed by atoms with van der Waals surface area (Å²) in [7, 11) is 1.90. The maximum atomic E-state index is 5.70. The second-order valence-corrected chi connectivity index (χ2v) is 4.58. The van der Waals surface area contributed by atoms with Crippen LogP contribution in [0, 0.1) is 0 Å². The number of hydrogen-bond acceptors (Lipinski definition) is 3. The number of ether oxygens (including phenoxy) is 1. The highest BCUT2D eigenvalue weighted by Crippen LogP contribution is 2.16. The first-order valence-corrected chi connectivity index (χ1v) is 6.75. The van der Waals surface area contributed by atoms with E-state index in [0.717, 1.165) is 30.2 Å². The van der Waals surface area contributed by atoms with Gasteiger partial charge in [-0.25, -0.2) is 0 Å². The number of benzene rings is 1. The quantitative estimate of drug-likeness (QED) is 0.826. The van der Waals surface area contributed by atoms with E-state index in [0.29, 0.717) is 6.61 Å². The number of nitrogens with one attached hydrogen (secondary N) is 1. The largest absolute Gasteiger partial charge is 0.486 e. The van der Waals surface area contributed by atoms with Gasteiger partial charge in [-0.3, -0.25) is 0 Å². The molecule has 1 N–H and O–H groups in total. The summed E-state index contributed by atoms with van der Waals surface area (Å²) >= 11 is 0. The van der Waals surface area contributed by atoms with Crippen molar-refractivity contribution in [2.75, 3.05) is 7.05 Å². The summed E-state index contributed by atoms with van der Waals surface area (Å²) < 4.78 is 11.3. The maximum absolute atomic E-state index is 5.70. The van der Waals surface area contributed by atoms with Crippen molar-refractivity contribution in [1.29, 1.82) is 0 Å². The first-order chi connectivity index (χ1) is 9.31. The summed E-state index contributed by atoms with van der Waals surface area (Å²) in [6, 6.07) is 12.2. The van der Waals surface area contributed by atoms with Gasteiger partial charge in [0.1, 0.15) is 23.9 Å². The molecular weight excluding hydrogens is 238 g/mol. The fourth-order valence-electron chi connectivity index (χ4n) is 1.96. The summed E-state index contributed by atoms with van der Waals surface area (Å²) in [5, 5.41) is 3.05. The van der Waals surface area contributed by atoms with Crippen molar-refractivity contribution >= 4 is 0 Å². The van der Waals surface area contributed by atoms with Crippen LogP contribution in [0.25, 0.3) is 0 Å². The fourth-order valence-corrected chi connectivity index (χ4v) is 1.96. The molecule has 3 nitrogen and oxygen atoms in total. The molecule has 0 aliphatic rings. The second kappa shape index (κ2) is 7.00. The molecule has 0 saturated carbocycles. The molecule has 0 atom stereocenters. The van der Waals surface area contributed by atoms with E-state index < -0.39 is 0 Å². The van der Waals surface area contributed by atoms with Crippen molar-refractivity contribution in [3.8, 4) is 5.75 Å². The Balaban J connectivity index is 1.86. The third kappa shape index (κ3) is 4.14. The molecule has 0 aliphatic carbocycles. The molecule has 0 radical (unpaired) electrons. The van der Waals surface area contributed by atoms with Gasteiger partial charge in [-0.05, 0) is 43.3 Å². The van der Waals surface area contributed by atoms with E-state index >= 15 is 0 Å². The molecule has 2 aromatic rings. The Kier molecular flexibility index (Phi) is 5.04. The van der Waals surface area contributed by atoms with Crippen molar-refractivity contribution in [3.63, 3.8) is 0 Å². The van der Waals surface area contributed by atoms with Crippen LogP contribution in [0.3, 0.4) is 0 Å². The molecular formula is C16H21NO2. The predicted octanol–water partition coefficient (Wildman–Crippen LogP) is 3.53. The van der Waals surface area contributed by atoms with Crippen LogP contribution in [0.2, 0.25) is 0 Å². The molecule has 0 fully saturated rings. The lowest BCUT2D eigenvalue weighted by atomic mass is 10.1. The Hall–Kier alpha value is -1.74. The van der Waals surface area contributed by atoms with Crippen LogP contribution >= 0.6 is 0 Å². The smallest absolute Gasteiger partial charge is 0.146 e. The van der Waals surface area contributed by atoms with Gasteiger partial charge in [0.05, 0.1) is 6.54 Å². The Bertz CT molecular complexity index is 488. The highest BCUT2D eigenvalue weighted by molar-refractivity contribution is 5.27. The molecule has 2 rings (SSSR count). The van der Waals surface area contributed by atoms with Gasteiger partial charge < -0.3 is 14.5 Å². The Morgan fingerprint density at radius 2 is 1.79 bits per heavy atom. The van der Waals surface area contributed by atoms with E-state index in [4.69, 9.17) is 9.15 Å². The molecule has 19 heavy (non-hydrogen) atoms. The lowest BCUT2D eigenvalue weighted by molar-refractivity contribution is 0.265. The molecule has 1 heterocycles. The van der Waals surface area contributed by atoms with Crippen LogP contribution in [-0.4, -0.2) is 7.05 Å². The Morgan fingerprint density at radius 1 is 1.05 bits per heavy atom. The summed E-state index contributed by atoms with van der Waals surface area (Å²) in [5.74, 6) is 2.66. The minimum Gasteiger partial charge on any atom is -0.486 e. The summed E-state index contributed by atoms with van der Waals surface area (Å²) in [6.07, 6.45) is 2.28. The highest BCUT2D eigenvalue weighted by Gasteiger charge is 2.02. The van der Waals surface area contributed by atoms with Crippen molar-refractivity contribution in [2.45, 2.75) is 32.9 Å². The summed E-state index contributed by atoms with van der Waals surface area (Å²) in [5.41, 5.74) is 1.35. The molecule has 3 heteroatoms. The van der Waals surface area contributed by atoms with E-state index in [2.05, 4.69) is 24.4 Å². The lowest BCUT2D eigenvalue weighted by Crippen LogP contribution is -2.03. The van der Waals surface area contributed by atoms with Gasteiger partial charge in [-0.15, -0.1) is 0 Å². The molecule has 102 valence electrons. The molecule has 0 bridgehead atoms. The SMILES string of the molecule is CCCc1ccc(OCc2ccc(CNC)o2)cc1. The van der Waals surface area contributed by atoms with E-state index in [-0.39, 0.29) is 0 Å². The zero-order valence-corrected chi connectivity index (χ0v) is 11.6. The third-order valence-corrected chi connectivity index (χ3v) is 2.91. The van der Waals surface area contributed by atoms with Crippen LogP contribution in [0.1, 0.15) is 30.4 Å². The minimum absolute atomic E-state index is 0.469. The van der Waals surface area contributed by atoms with Crippen molar-refractivity contribution in [3.05, 3.63) is 53.5 Å². The Labute approximate surface area is 114 Å². The average molecular weight is 259 g/mol. The summed E-state index contributed by atoms with van der Waals surface area (Å²) in [6.45, 7) is 3.40. The second-order valence-electron chi connectivity index (χ2n) is 4.58. The van der Waals surface area contributed by atoms with Gasteiger partial charge in [0.2, 0.25) is 0 Å². The van der Waals surface area contributed by atoms with Gasteiger partial charge in [-0.1, -0.05) is 25.5 Å². The van der Waals surface area contributed by atoms with E-state index in [1.54, 1.807) is 0 Å². The normalized spacial score (nSPS) is 10.6. The van der Waals surface area contributed by atoms with Crippen LogP contribution in [-0.2, 0) is 19.6 Å². The number of rotatable bonds is 7. The standard InChI is InChI=1S/C16H21NO2/c1-3-4-13-5-7-14(8-6-13)18-12-16-10-9-15(19-16)11-17-2/h5-10,17H,3-4,11-12H2,1-2H3. The number of aryl methyl sites for hydroxylation is 1. The molecule has 0 unspecified atom stereocenters. The average Bonchev–Trinajstić information content (AvgIpc) is 2.87. The monoisotopic (exact) mass is 259 g/mol. The van der Waals surface area contributed by atoms with Crippen molar-refractivity contribution < 1.29 is 9.15 Å². The zero-order chi connectivity index (χ0) is 13.5. The van der Waals surface area contributed by atoms with E-state index in [9.17, 15) is 0 Å². The summed E-state index contributed by atoms with van der Waals surface area (Å²) in [4.78, 5) is 0. The van der Waals surface area contributed by atoms with E-state index in [1.807, 2.05) is 31.3 Å². The topological polar surface area (TPSA) is 34.4 Å². The van der Waals surface area contributed by atoms with Gasteiger partial charge in [-0.2, -0.15) is 0 Å². The first-order valence-electron chi connectivity index (χ1n) is 6.75. The third-order valence-electron chi connectivity index (χ3n) is 2.91. The maximum Gasteiger partial charge on any atom is 0.146 e. The van der Waals surface area contributed by atoms with Gasteiger partial charge >= 0.3 is 0 Å². The lowest BCUT2D eigenvalue weighted by Gasteiger charge is -2.05. The van der Waals surface area contributed by atoms with Crippen LogP contribution in [0.5, 0.6) is 5.75 Å². The molecule has 0 saturated heterocycles. The Morgan fingerprint density at radius 3 is 2.47 bits per heavy atom. The van der Waals surface area contributed by atoms with Crippen LogP contribution in [0.4, 0.5) is 0 Å². The van der Waals surface area contributed by atoms with Gasteiger partial charge in [0.15, 0.2) is 0 Å². The van der Waals surface area contributed by atoms with Crippen LogP contribution < -0.4 is 10.1 Å². The van der Waals surface area contributed by atoms with Crippen molar-refractivity contribution in [2.24, 2.45) is 0 Å². The fraction of sp³-hybridized carbons (Fsp3) is 0.375. The van der Waals surface area contributed by atoms with E-state index in [1.165, 1.54) is 12.0 Å². The van der Waals surface area contributed by atoms with Gasteiger partial charge in [0, 0.05) is 0 Å². The minimum atomic E-state index is 0.469. The molecule has 0 aliphatic heterocycles. The molecule has 1 aromatic heterocycles. The number of hydrogen-bond donors (Lipinski definition) is 1.